The van der Waals surface area contributed by atoms with Gasteiger partial charge in [0.25, 0.3) is 0 Å². The smallest absolute Gasteiger partial charge is 0.0701 e. The average molecular weight is 333 g/mol. The second-order valence-corrected chi connectivity index (χ2v) is 7.16. The first-order valence-electron chi connectivity index (χ1n) is 8.75. The number of anilines is 1. The molecule has 3 rings (SSSR count). The molecule has 3 N–H and O–H groups in total. The van der Waals surface area contributed by atoms with Crippen molar-refractivity contribution in [1.29, 1.82) is 0 Å². The molecular weight excluding hydrogens is 306 g/mol. The molecule has 0 aliphatic heterocycles. The fourth-order valence-electron chi connectivity index (χ4n) is 3.37. The highest BCUT2D eigenvalue weighted by atomic mass is 15.0. The Balaban J connectivity index is 1.82. The van der Waals surface area contributed by atoms with Gasteiger partial charge in [-0.05, 0) is 24.8 Å². The van der Waals surface area contributed by atoms with Gasteiger partial charge in [0, 0.05) is 34.8 Å². The van der Waals surface area contributed by atoms with Crippen molar-refractivity contribution < 1.29 is 0 Å². The largest absolute Gasteiger partial charge is 0.382 e. The Morgan fingerprint density at radius 1 is 1.12 bits per heavy atom. The molecule has 0 saturated carbocycles. The minimum atomic E-state index is 0.434. The third kappa shape index (κ3) is 3.14. The van der Waals surface area contributed by atoms with Crippen LogP contribution in [0.15, 0.2) is 78.3 Å². The molecule has 0 spiro atoms. The van der Waals surface area contributed by atoms with Crippen LogP contribution in [0.25, 0.3) is 10.9 Å². The van der Waals surface area contributed by atoms with Crippen LogP contribution in [0.5, 0.6) is 0 Å². The number of allylic oxidation sites excluding steroid dienone is 2. The van der Waals surface area contributed by atoms with Crippen LogP contribution < -0.4 is 10.6 Å². The highest BCUT2D eigenvalue weighted by molar-refractivity contribution is 5.94. The second-order valence-electron chi connectivity index (χ2n) is 7.16. The van der Waals surface area contributed by atoms with Crippen LogP contribution >= 0.6 is 0 Å². The van der Waals surface area contributed by atoms with Crippen LogP contribution in [0.2, 0.25) is 0 Å². The second kappa shape index (κ2) is 6.67. The fraction of sp³-hybridized carbons (Fsp3) is 0.273. The predicted octanol–water partition coefficient (Wildman–Crippen LogP) is 5.36. The van der Waals surface area contributed by atoms with E-state index in [9.17, 15) is 0 Å². The van der Waals surface area contributed by atoms with Gasteiger partial charge in [0.2, 0.25) is 0 Å². The molecule has 3 heteroatoms. The van der Waals surface area contributed by atoms with E-state index in [1.807, 2.05) is 18.3 Å². The quantitative estimate of drug-likeness (QED) is 0.597. The molecule has 1 atom stereocenters. The SMILES string of the molecule is C=C1C(=C)C(Nc2c[nH]c3ccccc23)=C1NCC(C(=C)C)C(C)C. The normalized spacial score (nSPS) is 15.5. The molecule has 130 valence electrons. The van der Waals surface area contributed by atoms with Gasteiger partial charge in [-0.2, -0.15) is 0 Å². The molecule has 25 heavy (non-hydrogen) atoms. The molecule has 0 fully saturated rings. The van der Waals surface area contributed by atoms with E-state index in [-0.39, 0.29) is 0 Å². The number of hydrogen-bond acceptors (Lipinski definition) is 2. The number of nitrogens with one attached hydrogen (secondary N) is 3. The summed E-state index contributed by atoms with van der Waals surface area (Å²) in [6.07, 6.45) is 1.99. The topological polar surface area (TPSA) is 39.9 Å². The summed E-state index contributed by atoms with van der Waals surface area (Å²) in [5.41, 5.74) is 7.40. The van der Waals surface area contributed by atoms with Crippen molar-refractivity contribution >= 4 is 16.6 Å². The number of aromatic amines is 1. The predicted molar refractivity (Wildman–Crippen MR) is 108 cm³/mol. The monoisotopic (exact) mass is 333 g/mol. The van der Waals surface area contributed by atoms with E-state index in [2.05, 4.69) is 68.3 Å². The van der Waals surface area contributed by atoms with Crippen LogP contribution in [-0.4, -0.2) is 11.5 Å². The maximum absolute atomic E-state index is 4.14. The molecule has 1 unspecified atom stereocenters. The highest BCUT2D eigenvalue weighted by Crippen LogP contribution is 2.38. The molecule has 1 aromatic heterocycles. The average Bonchev–Trinajstić information content (AvgIpc) is 2.99. The van der Waals surface area contributed by atoms with Crippen LogP contribution in [0, 0.1) is 11.8 Å². The standard InChI is InChI=1S/C22H27N3/c1-13(2)18(14(3)4)11-24-21-15(5)16(6)22(21)25-20-12-23-19-10-8-7-9-17(19)20/h7-10,12,14,18,23-25H,1,5-6,11H2,2-4H3. The zero-order chi connectivity index (χ0) is 18.1. The van der Waals surface area contributed by atoms with Gasteiger partial charge in [-0.25, -0.2) is 0 Å². The Bertz CT molecular complexity index is 880. The van der Waals surface area contributed by atoms with Gasteiger partial charge in [0.05, 0.1) is 17.1 Å². The molecule has 0 amide bonds. The number of fused-ring (bicyclic) bond motifs is 1. The van der Waals surface area contributed by atoms with E-state index < -0.39 is 0 Å². The lowest BCUT2D eigenvalue weighted by molar-refractivity contribution is 0.429. The summed E-state index contributed by atoms with van der Waals surface area (Å²) >= 11 is 0. The number of benzene rings is 1. The molecule has 1 aliphatic rings. The number of para-hydroxylation sites is 1. The van der Waals surface area contributed by atoms with Gasteiger partial charge < -0.3 is 15.6 Å². The number of aromatic nitrogens is 1. The lowest BCUT2D eigenvalue weighted by Gasteiger charge is -2.33. The Kier molecular flexibility index (Phi) is 4.58. The molecule has 0 radical (unpaired) electrons. The molecule has 3 nitrogen and oxygen atoms in total. The molecule has 0 bridgehead atoms. The van der Waals surface area contributed by atoms with Crippen molar-refractivity contribution in [2.75, 3.05) is 11.9 Å². The number of rotatable bonds is 7. The zero-order valence-corrected chi connectivity index (χ0v) is 15.4. The first kappa shape index (κ1) is 17.2. The summed E-state index contributed by atoms with van der Waals surface area (Å²) in [5, 5.41) is 8.24. The zero-order valence-electron chi connectivity index (χ0n) is 15.4. The van der Waals surface area contributed by atoms with Crippen LogP contribution in [0.1, 0.15) is 20.8 Å². The third-order valence-electron chi connectivity index (χ3n) is 5.00. The van der Waals surface area contributed by atoms with E-state index in [4.69, 9.17) is 0 Å². The first-order chi connectivity index (χ1) is 11.9. The van der Waals surface area contributed by atoms with Crippen LogP contribution in [-0.2, 0) is 0 Å². The minimum Gasteiger partial charge on any atom is -0.382 e. The third-order valence-corrected chi connectivity index (χ3v) is 5.00. The summed E-state index contributed by atoms with van der Waals surface area (Å²) in [5.74, 6) is 0.982. The van der Waals surface area contributed by atoms with Gasteiger partial charge in [-0.1, -0.05) is 57.4 Å². The molecule has 0 saturated heterocycles. The fourth-order valence-corrected chi connectivity index (χ4v) is 3.37. The van der Waals surface area contributed by atoms with Gasteiger partial charge in [-0.15, -0.1) is 0 Å². The Labute approximate surface area is 150 Å². The first-order valence-corrected chi connectivity index (χ1v) is 8.75. The minimum absolute atomic E-state index is 0.434. The van der Waals surface area contributed by atoms with Gasteiger partial charge >= 0.3 is 0 Å². The number of H-pyrrole nitrogens is 1. The van der Waals surface area contributed by atoms with Crippen LogP contribution in [0.4, 0.5) is 5.69 Å². The summed E-state index contributed by atoms with van der Waals surface area (Å²) in [6, 6.07) is 8.25. The van der Waals surface area contributed by atoms with Crippen molar-refractivity contribution in [2.45, 2.75) is 20.8 Å². The van der Waals surface area contributed by atoms with Crippen molar-refractivity contribution in [1.82, 2.24) is 10.3 Å². The van der Waals surface area contributed by atoms with Crippen LogP contribution in [0.3, 0.4) is 0 Å². The highest BCUT2D eigenvalue weighted by Gasteiger charge is 2.28. The lowest BCUT2D eigenvalue weighted by atomic mass is 9.86. The van der Waals surface area contributed by atoms with Gasteiger partial charge in [0.15, 0.2) is 0 Å². The number of hydrogen-bond donors (Lipinski definition) is 3. The maximum atomic E-state index is 4.14. The Hall–Kier alpha value is -2.68. The van der Waals surface area contributed by atoms with E-state index >= 15 is 0 Å². The molecular formula is C22H27N3. The van der Waals surface area contributed by atoms with Crippen molar-refractivity contribution in [2.24, 2.45) is 11.8 Å². The molecule has 1 heterocycles. The summed E-state index contributed by atoms with van der Waals surface area (Å²) in [7, 11) is 0. The van der Waals surface area contributed by atoms with Crippen molar-refractivity contribution in [3.05, 3.63) is 78.3 Å². The Morgan fingerprint density at radius 3 is 2.48 bits per heavy atom. The molecule has 2 aromatic rings. The Morgan fingerprint density at radius 2 is 1.80 bits per heavy atom. The summed E-state index contributed by atoms with van der Waals surface area (Å²) in [6.45, 7) is 19.8. The van der Waals surface area contributed by atoms with Gasteiger partial charge in [-0.3, -0.25) is 0 Å². The van der Waals surface area contributed by atoms with E-state index in [1.54, 1.807) is 0 Å². The lowest BCUT2D eigenvalue weighted by Crippen LogP contribution is -2.33. The van der Waals surface area contributed by atoms with Crippen molar-refractivity contribution in [3.8, 4) is 0 Å². The van der Waals surface area contributed by atoms with E-state index in [0.29, 0.717) is 11.8 Å². The van der Waals surface area contributed by atoms with Crippen molar-refractivity contribution in [3.63, 3.8) is 0 Å². The molecule has 1 aliphatic carbocycles. The van der Waals surface area contributed by atoms with Gasteiger partial charge in [0.1, 0.15) is 0 Å². The van der Waals surface area contributed by atoms with E-state index in [1.165, 1.54) is 11.0 Å². The summed E-state index contributed by atoms with van der Waals surface area (Å²) in [4.78, 5) is 3.29. The maximum Gasteiger partial charge on any atom is 0.0701 e. The summed E-state index contributed by atoms with van der Waals surface area (Å²) < 4.78 is 0. The molecule has 1 aromatic carbocycles. The van der Waals surface area contributed by atoms with E-state index in [0.717, 1.165) is 40.3 Å².